The minimum absolute atomic E-state index is 0.0243. The van der Waals surface area contributed by atoms with E-state index in [-0.39, 0.29) is 11.5 Å². The Morgan fingerprint density at radius 1 is 1.55 bits per heavy atom. The van der Waals surface area contributed by atoms with Gasteiger partial charge >= 0.3 is 0 Å². The van der Waals surface area contributed by atoms with Gasteiger partial charge in [0.25, 0.3) is 5.91 Å². The van der Waals surface area contributed by atoms with Crippen molar-refractivity contribution in [1.29, 1.82) is 5.26 Å². The molecule has 0 bridgehead atoms. The maximum Gasteiger partial charge on any atom is 0.254 e. The summed E-state index contributed by atoms with van der Waals surface area (Å²) in [6.07, 6.45) is 2.01. The molecule has 1 amide bonds. The molecule has 1 spiro atoms. The Balaban J connectivity index is 1.65. The lowest BCUT2D eigenvalue weighted by molar-refractivity contribution is -0.120. The maximum atomic E-state index is 12.5. The van der Waals surface area contributed by atoms with Crippen molar-refractivity contribution in [2.24, 2.45) is 5.92 Å². The zero-order valence-corrected chi connectivity index (χ0v) is 12.7. The molecule has 0 radical (unpaired) electrons. The van der Waals surface area contributed by atoms with Crippen molar-refractivity contribution >= 4 is 5.91 Å². The van der Waals surface area contributed by atoms with Crippen LogP contribution in [0.3, 0.4) is 0 Å². The molecule has 2 fully saturated rings. The van der Waals surface area contributed by atoms with E-state index in [4.69, 9.17) is 14.7 Å². The second-order valence-corrected chi connectivity index (χ2v) is 6.03. The highest BCUT2D eigenvalue weighted by molar-refractivity contribution is 5.95. The first-order valence-electron chi connectivity index (χ1n) is 7.61. The molecule has 2 aliphatic rings. The van der Waals surface area contributed by atoms with E-state index in [2.05, 4.69) is 6.07 Å². The summed E-state index contributed by atoms with van der Waals surface area (Å²) >= 11 is 0. The minimum Gasteiger partial charge on any atom is -0.385 e. The highest BCUT2D eigenvalue weighted by Crippen LogP contribution is 2.42. The molecule has 3 rings (SSSR count). The lowest BCUT2D eigenvalue weighted by Gasteiger charge is -2.50. The number of hydrogen-bond donors (Lipinski definition) is 0. The van der Waals surface area contributed by atoms with Gasteiger partial charge in [0.05, 0.1) is 24.7 Å². The molecule has 0 N–H and O–H groups in total. The van der Waals surface area contributed by atoms with Crippen LogP contribution < -0.4 is 0 Å². The van der Waals surface area contributed by atoms with Crippen LogP contribution in [0.2, 0.25) is 0 Å². The van der Waals surface area contributed by atoms with Crippen LogP contribution in [0.25, 0.3) is 0 Å². The molecule has 5 heteroatoms. The number of rotatable bonds is 4. The molecule has 116 valence electrons. The highest BCUT2D eigenvalue weighted by atomic mass is 16.5. The number of likely N-dealkylation sites (tertiary alicyclic amines) is 1. The molecular weight excluding hydrogens is 280 g/mol. The molecule has 1 aromatic carbocycles. The standard InChI is InChI=1S/C17H20N2O3/c1-21-7-5-15-6-8-22-17(15)11-19(12-17)16(20)14-4-2-3-13(9-14)10-18/h2-4,9,15H,5-8,11-12H2,1H3. The first kappa shape index (κ1) is 15.0. The molecule has 22 heavy (non-hydrogen) atoms. The predicted molar refractivity (Wildman–Crippen MR) is 80.3 cm³/mol. The summed E-state index contributed by atoms with van der Waals surface area (Å²) in [7, 11) is 1.71. The third-order valence-electron chi connectivity index (χ3n) is 4.71. The first-order chi connectivity index (χ1) is 10.7. The summed E-state index contributed by atoms with van der Waals surface area (Å²) in [5, 5.41) is 8.93. The van der Waals surface area contributed by atoms with Gasteiger partial charge in [0.15, 0.2) is 0 Å². The average Bonchev–Trinajstić information content (AvgIpc) is 2.94. The Morgan fingerprint density at radius 3 is 3.09 bits per heavy atom. The van der Waals surface area contributed by atoms with Gasteiger partial charge in [-0.15, -0.1) is 0 Å². The van der Waals surface area contributed by atoms with Gasteiger partial charge in [-0.2, -0.15) is 5.26 Å². The van der Waals surface area contributed by atoms with Crippen LogP contribution >= 0.6 is 0 Å². The van der Waals surface area contributed by atoms with Crippen LogP contribution in [0.15, 0.2) is 24.3 Å². The Hall–Kier alpha value is -1.90. The average molecular weight is 300 g/mol. The number of nitrogens with zero attached hydrogens (tertiary/aromatic N) is 2. The van der Waals surface area contributed by atoms with Crippen LogP contribution in [-0.4, -0.2) is 49.8 Å². The molecule has 2 aliphatic heterocycles. The molecule has 0 saturated carbocycles. The quantitative estimate of drug-likeness (QED) is 0.851. The summed E-state index contributed by atoms with van der Waals surface area (Å²) in [6, 6.07) is 8.92. The number of methoxy groups -OCH3 is 1. The number of ether oxygens (including phenoxy) is 2. The Bertz CT molecular complexity index is 602. The lowest BCUT2D eigenvalue weighted by atomic mass is 9.79. The molecule has 2 heterocycles. The molecular formula is C17H20N2O3. The Labute approximate surface area is 130 Å². The number of amides is 1. The van der Waals surface area contributed by atoms with Crippen molar-refractivity contribution in [3.63, 3.8) is 0 Å². The predicted octanol–water partition coefficient (Wildman–Crippen LogP) is 1.83. The molecule has 0 aliphatic carbocycles. The molecule has 1 atom stereocenters. The van der Waals surface area contributed by atoms with Crippen LogP contribution in [0.5, 0.6) is 0 Å². The van der Waals surface area contributed by atoms with Crippen LogP contribution in [0.4, 0.5) is 0 Å². The monoisotopic (exact) mass is 300 g/mol. The van der Waals surface area contributed by atoms with Crippen molar-refractivity contribution in [2.45, 2.75) is 18.4 Å². The van der Waals surface area contributed by atoms with E-state index >= 15 is 0 Å². The number of nitriles is 1. The summed E-state index contributed by atoms with van der Waals surface area (Å²) in [5.41, 5.74) is 0.901. The molecule has 5 nitrogen and oxygen atoms in total. The van der Waals surface area contributed by atoms with Crippen molar-refractivity contribution in [3.8, 4) is 6.07 Å². The van der Waals surface area contributed by atoms with Gasteiger partial charge in [0, 0.05) is 25.9 Å². The number of benzene rings is 1. The lowest BCUT2D eigenvalue weighted by Crippen LogP contribution is -2.66. The fourth-order valence-corrected chi connectivity index (χ4v) is 3.45. The second kappa shape index (κ2) is 6.07. The van der Waals surface area contributed by atoms with Crippen LogP contribution in [-0.2, 0) is 9.47 Å². The smallest absolute Gasteiger partial charge is 0.254 e. The van der Waals surface area contributed by atoms with Gasteiger partial charge in [0.1, 0.15) is 5.60 Å². The number of hydrogen-bond acceptors (Lipinski definition) is 4. The first-order valence-corrected chi connectivity index (χ1v) is 7.61. The number of carbonyl (C=O) groups is 1. The third kappa shape index (κ3) is 2.60. The van der Waals surface area contributed by atoms with Crippen molar-refractivity contribution in [3.05, 3.63) is 35.4 Å². The number of carbonyl (C=O) groups excluding carboxylic acids is 1. The van der Waals surface area contributed by atoms with E-state index in [1.165, 1.54) is 0 Å². The van der Waals surface area contributed by atoms with Crippen molar-refractivity contribution in [1.82, 2.24) is 4.90 Å². The summed E-state index contributed by atoms with van der Waals surface area (Å²) in [4.78, 5) is 14.3. The summed E-state index contributed by atoms with van der Waals surface area (Å²) in [5.74, 6) is 0.436. The van der Waals surface area contributed by atoms with E-state index in [1.807, 2.05) is 4.90 Å². The van der Waals surface area contributed by atoms with Gasteiger partial charge < -0.3 is 14.4 Å². The van der Waals surface area contributed by atoms with E-state index in [0.29, 0.717) is 30.1 Å². The van der Waals surface area contributed by atoms with Crippen molar-refractivity contribution < 1.29 is 14.3 Å². The Kier molecular flexibility index (Phi) is 4.14. The van der Waals surface area contributed by atoms with E-state index in [1.54, 1.807) is 31.4 Å². The third-order valence-corrected chi connectivity index (χ3v) is 4.71. The summed E-state index contributed by atoms with van der Waals surface area (Å²) in [6.45, 7) is 2.77. The fourth-order valence-electron chi connectivity index (χ4n) is 3.45. The van der Waals surface area contributed by atoms with Crippen molar-refractivity contribution in [2.75, 3.05) is 33.4 Å². The maximum absolute atomic E-state index is 12.5. The van der Waals surface area contributed by atoms with Crippen LogP contribution in [0.1, 0.15) is 28.8 Å². The minimum atomic E-state index is -0.180. The van der Waals surface area contributed by atoms with E-state index < -0.39 is 0 Å². The SMILES string of the molecule is COCCC1CCOC12CN(C(=O)c1cccc(C#N)c1)C2. The molecule has 0 aromatic heterocycles. The normalized spacial score (nSPS) is 22.4. The van der Waals surface area contributed by atoms with E-state index in [9.17, 15) is 4.79 Å². The van der Waals surface area contributed by atoms with Gasteiger partial charge in [0.2, 0.25) is 0 Å². The van der Waals surface area contributed by atoms with Gasteiger partial charge in [-0.25, -0.2) is 0 Å². The van der Waals surface area contributed by atoms with Gasteiger partial charge in [-0.1, -0.05) is 6.07 Å². The second-order valence-electron chi connectivity index (χ2n) is 6.03. The molecule has 1 unspecified atom stereocenters. The highest BCUT2D eigenvalue weighted by Gasteiger charge is 2.54. The van der Waals surface area contributed by atoms with Gasteiger partial charge in [-0.3, -0.25) is 4.79 Å². The van der Waals surface area contributed by atoms with Gasteiger partial charge in [-0.05, 0) is 37.0 Å². The Morgan fingerprint density at radius 2 is 2.36 bits per heavy atom. The zero-order valence-electron chi connectivity index (χ0n) is 12.7. The molecule has 2 saturated heterocycles. The van der Waals surface area contributed by atoms with Crippen LogP contribution in [0, 0.1) is 17.2 Å². The summed E-state index contributed by atoms with van der Waals surface area (Å²) < 4.78 is 11.1. The topological polar surface area (TPSA) is 62.6 Å². The van der Waals surface area contributed by atoms with E-state index in [0.717, 1.165) is 26.1 Å². The molecule has 1 aromatic rings. The largest absolute Gasteiger partial charge is 0.385 e. The zero-order chi connectivity index (χ0) is 15.6. The fraction of sp³-hybridized carbons (Fsp3) is 0.529.